The number of pyridine rings is 1. The summed E-state index contributed by atoms with van der Waals surface area (Å²) in [6.07, 6.45) is 1.70. The van der Waals surface area contributed by atoms with E-state index in [1.54, 1.807) is 11.1 Å². The SMILES string of the molecule is CCNC(=O)CN(C)c1ncccc1Br. The summed E-state index contributed by atoms with van der Waals surface area (Å²) in [6.45, 7) is 2.86. The van der Waals surface area contributed by atoms with Gasteiger partial charge in [0.2, 0.25) is 5.91 Å². The third kappa shape index (κ3) is 3.51. The molecule has 0 saturated heterocycles. The van der Waals surface area contributed by atoms with Gasteiger partial charge >= 0.3 is 0 Å². The van der Waals surface area contributed by atoms with E-state index >= 15 is 0 Å². The average Bonchev–Trinajstić information content (AvgIpc) is 2.18. The molecule has 1 rings (SSSR count). The largest absolute Gasteiger partial charge is 0.355 e. The summed E-state index contributed by atoms with van der Waals surface area (Å²) in [7, 11) is 1.84. The Hall–Kier alpha value is -1.10. The van der Waals surface area contributed by atoms with Crippen LogP contribution in [-0.2, 0) is 4.79 Å². The zero-order valence-corrected chi connectivity index (χ0v) is 10.4. The van der Waals surface area contributed by atoms with Gasteiger partial charge < -0.3 is 10.2 Å². The van der Waals surface area contributed by atoms with Crippen LogP contribution in [0.15, 0.2) is 22.8 Å². The molecular weight excluding hydrogens is 258 g/mol. The Labute approximate surface area is 97.8 Å². The molecule has 0 spiro atoms. The van der Waals surface area contributed by atoms with Crippen molar-refractivity contribution in [3.63, 3.8) is 0 Å². The summed E-state index contributed by atoms with van der Waals surface area (Å²) in [5.41, 5.74) is 0. The van der Waals surface area contributed by atoms with Gasteiger partial charge in [-0.1, -0.05) is 0 Å². The van der Waals surface area contributed by atoms with E-state index in [1.807, 2.05) is 26.1 Å². The van der Waals surface area contributed by atoms with Crippen LogP contribution in [0.5, 0.6) is 0 Å². The number of aromatic nitrogens is 1. The smallest absolute Gasteiger partial charge is 0.239 e. The lowest BCUT2D eigenvalue weighted by Gasteiger charge is -2.18. The van der Waals surface area contributed by atoms with Gasteiger partial charge in [-0.05, 0) is 35.0 Å². The zero-order chi connectivity index (χ0) is 11.3. The lowest BCUT2D eigenvalue weighted by Crippen LogP contribution is -2.35. The molecule has 1 aromatic heterocycles. The number of nitrogens with zero attached hydrogens (tertiary/aromatic N) is 2. The summed E-state index contributed by atoms with van der Waals surface area (Å²) in [6, 6.07) is 3.74. The Morgan fingerprint density at radius 3 is 3.00 bits per heavy atom. The predicted molar refractivity (Wildman–Crippen MR) is 63.9 cm³/mol. The van der Waals surface area contributed by atoms with Crippen molar-refractivity contribution in [1.29, 1.82) is 0 Å². The van der Waals surface area contributed by atoms with E-state index in [-0.39, 0.29) is 5.91 Å². The first-order chi connectivity index (χ1) is 7.15. The van der Waals surface area contributed by atoms with Crippen molar-refractivity contribution < 1.29 is 4.79 Å². The van der Waals surface area contributed by atoms with Crippen molar-refractivity contribution in [3.8, 4) is 0 Å². The summed E-state index contributed by atoms with van der Waals surface area (Å²) >= 11 is 3.39. The number of anilines is 1. The molecule has 0 saturated carbocycles. The first-order valence-corrected chi connectivity index (χ1v) is 5.52. The fourth-order valence-electron chi connectivity index (χ4n) is 1.20. The summed E-state index contributed by atoms with van der Waals surface area (Å²) < 4.78 is 0.886. The Balaban J connectivity index is 2.65. The van der Waals surface area contributed by atoms with Gasteiger partial charge in [0.05, 0.1) is 11.0 Å². The van der Waals surface area contributed by atoms with Crippen molar-refractivity contribution in [2.24, 2.45) is 0 Å². The standard InChI is InChI=1S/C10H14BrN3O/c1-3-12-9(15)7-14(2)10-8(11)5-4-6-13-10/h4-6H,3,7H2,1-2H3,(H,12,15). The topological polar surface area (TPSA) is 45.2 Å². The van der Waals surface area contributed by atoms with E-state index < -0.39 is 0 Å². The van der Waals surface area contributed by atoms with Crippen molar-refractivity contribution in [2.45, 2.75) is 6.92 Å². The third-order valence-electron chi connectivity index (χ3n) is 1.86. The molecule has 0 bridgehead atoms. The lowest BCUT2D eigenvalue weighted by atomic mass is 10.4. The number of carbonyl (C=O) groups is 1. The Kier molecular flexibility index (Phi) is 4.55. The Morgan fingerprint density at radius 2 is 2.40 bits per heavy atom. The molecule has 1 N–H and O–H groups in total. The van der Waals surface area contributed by atoms with E-state index in [4.69, 9.17) is 0 Å². The maximum atomic E-state index is 11.3. The molecule has 5 heteroatoms. The molecule has 4 nitrogen and oxygen atoms in total. The molecule has 1 aromatic rings. The van der Waals surface area contributed by atoms with Gasteiger partial charge in [-0.3, -0.25) is 4.79 Å². The first kappa shape index (κ1) is 12.0. The molecule has 0 aromatic carbocycles. The second-order valence-electron chi connectivity index (χ2n) is 3.12. The quantitative estimate of drug-likeness (QED) is 0.901. The Bertz CT molecular complexity index is 343. The van der Waals surface area contributed by atoms with Gasteiger partial charge in [0.1, 0.15) is 5.82 Å². The summed E-state index contributed by atoms with van der Waals surface area (Å²) in [4.78, 5) is 17.3. The number of amides is 1. The molecule has 1 amide bonds. The predicted octanol–water partition coefficient (Wildman–Crippen LogP) is 1.42. The molecule has 82 valence electrons. The highest BCUT2D eigenvalue weighted by atomic mass is 79.9. The molecule has 15 heavy (non-hydrogen) atoms. The van der Waals surface area contributed by atoms with Crippen LogP contribution >= 0.6 is 15.9 Å². The van der Waals surface area contributed by atoms with Gasteiger partial charge in [0, 0.05) is 19.8 Å². The number of rotatable bonds is 4. The minimum absolute atomic E-state index is 0.00227. The average molecular weight is 272 g/mol. The van der Waals surface area contributed by atoms with Crippen molar-refractivity contribution in [3.05, 3.63) is 22.8 Å². The molecule has 0 aliphatic rings. The summed E-state index contributed by atoms with van der Waals surface area (Å²) in [5, 5.41) is 2.74. The maximum Gasteiger partial charge on any atom is 0.239 e. The molecule has 0 atom stereocenters. The van der Waals surface area contributed by atoms with Crippen molar-refractivity contribution in [2.75, 3.05) is 25.0 Å². The van der Waals surface area contributed by atoms with Crippen LogP contribution in [0, 0.1) is 0 Å². The van der Waals surface area contributed by atoms with Crippen LogP contribution in [0.1, 0.15) is 6.92 Å². The lowest BCUT2D eigenvalue weighted by molar-refractivity contribution is -0.119. The number of nitrogens with one attached hydrogen (secondary N) is 1. The van der Waals surface area contributed by atoms with Gasteiger partial charge in [0.25, 0.3) is 0 Å². The van der Waals surface area contributed by atoms with Gasteiger partial charge in [-0.2, -0.15) is 0 Å². The minimum Gasteiger partial charge on any atom is -0.355 e. The molecule has 0 unspecified atom stereocenters. The third-order valence-corrected chi connectivity index (χ3v) is 2.47. The van der Waals surface area contributed by atoms with Crippen LogP contribution in [-0.4, -0.2) is 31.0 Å². The fourth-order valence-corrected chi connectivity index (χ4v) is 1.76. The monoisotopic (exact) mass is 271 g/mol. The second-order valence-corrected chi connectivity index (χ2v) is 3.97. The fraction of sp³-hybridized carbons (Fsp3) is 0.400. The molecule has 0 radical (unpaired) electrons. The van der Waals surface area contributed by atoms with Gasteiger partial charge in [0.15, 0.2) is 0 Å². The molecule has 0 fully saturated rings. The summed E-state index contributed by atoms with van der Waals surface area (Å²) in [5.74, 6) is 0.765. The van der Waals surface area contributed by atoms with E-state index in [0.29, 0.717) is 13.1 Å². The highest BCUT2D eigenvalue weighted by Crippen LogP contribution is 2.21. The van der Waals surface area contributed by atoms with Crippen LogP contribution in [0.2, 0.25) is 0 Å². The zero-order valence-electron chi connectivity index (χ0n) is 8.83. The molecular formula is C10H14BrN3O. The van der Waals surface area contributed by atoms with E-state index in [0.717, 1.165) is 10.3 Å². The number of likely N-dealkylation sites (N-methyl/N-ethyl adjacent to an activating group) is 2. The van der Waals surface area contributed by atoms with Crippen LogP contribution in [0.25, 0.3) is 0 Å². The van der Waals surface area contributed by atoms with Crippen LogP contribution in [0.4, 0.5) is 5.82 Å². The van der Waals surface area contributed by atoms with E-state index in [1.165, 1.54) is 0 Å². The number of carbonyl (C=O) groups excluding carboxylic acids is 1. The highest BCUT2D eigenvalue weighted by molar-refractivity contribution is 9.10. The second kappa shape index (κ2) is 5.70. The maximum absolute atomic E-state index is 11.3. The van der Waals surface area contributed by atoms with E-state index in [2.05, 4.69) is 26.2 Å². The van der Waals surface area contributed by atoms with Gasteiger partial charge in [-0.25, -0.2) is 4.98 Å². The number of hydrogen-bond donors (Lipinski definition) is 1. The Morgan fingerprint density at radius 1 is 1.67 bits per heavy atom. The minimum atomic E-state index is -0.00227. The number of hydrogen-bond acceptors (Lipinski definition) is 3. The van der Waals surface area contributed by atoms with Crippen molar-refractivity contribution >= 4 is 27.7 Å². The molecule has 0 aliphatic carbocycles. The molecule has 0 aliphatic heterocycles. The van der Waals surface area contributed by atoms with Gasteiger partial charge in [-0.15, -0.1) is 0 Å². The number of halogens is 1. The van der Waals surface area contributed by atoms with Crippen LogP contribution < -0.4 is 10.2 Å². The normalized spacial score (nSPS) is 9.80. The highest BCUT2D eigenvalue weighted by Gasteiger charge is 2.09. The van der Waals surface area contributed by atoms with Crippen LogP contribution in [0.3, 0.4) is 0 Å². The molecule has 1 heterocycles. The first-order valence-electron chi connectivity index (χ1n) is 4.73. The van der Waals surface area contributed by atoms with E-state index in [9.17, 15) is 4.79 Å². The van der Waals surface area contributed by atoms with Crippen molar-refractivity contribution in [1.82, 2.24) is 10.3 Å².